The molecule has 0 atom stereocenters. The number of hydrogen-bond donors (Lipinski definition) is 2. The Morgan fingerprint density at radius 1 is 0.931 bits per heavy atom. The van der Waals surface area contributed by atoms with Crippen LogP contribution in [-0.2, 0) is 10.0 Å². The van der Waals surface area contributed by atoms with Crippen LogP contribution in [0.25, 0.3) is 0 Å². The van der Waals surface area contributed by atoms with Crippen LogP contribution >= 0.6 is 11.6 Å². The molecule has 0 fully saturated rings. The number of rotatable bonds is 6. The van der Waals surface area contributed by atoms with E-state index in [1.54, 1.807) is 24.3 Å². The summed E-state index contributed by atoms with van der Waals surface area (Å²) in [5, 5.41) is 2.85. The van der Waals surface area contributed by atoms with E-state index in [2.05, 4.69) is 10.0 Å². The van der Waals surface area contributed by atoms with Crippen LogP contribution < -0.4 is 14.8 Å². The molecule has 0 aliphatic heterocycles. The maximum atomic E-state index is 12.6. The summed E-state index contributed by atoms with van der Waals surface area (Å²) in [7, 11) is -2.39. The molecule has 1 amide bonds. The van der Waals surface area contributed by atoms with E-state index in [4.69, 9.17) is 16.3 Å². The predicted molar refractivity (Wildman–Crippen MR) is 113 cm³/mol. The zero-order chi connectivity index (χ0) is 21.0. The van der Waals surface area contributed by atoms with Crippen LogP contribution in [0.5, 0.6) is 11.5 Å². The number of carbonyl (C=O) groups is 1. The van der Waals surface area contributed by atoms with Crippen molar-refractivity contribution in [3.63, 3.8) is 0 Å². The zero-order valence-electron chi connectivity index (χ0n) is 15.8. The number of nitrogens with one attached hydrogen (secondary N) is 2. The lowest BCUT2D eigenvalue weighted by Gasteiger charge is -2.10. The first-order valence-electron chi connectivity index (χ1n) is 8.67. The summed E-state index contributed by atoms with van der Waals surface area (Å²) >= 11 is 6.08. The van der Waals surface area contributed by atoms with E-state index in [-0.39, 0.29) is 15.5 Å². The smallest absolute Gasteiger partial charge is 0.257 e. The molecule has 3 rings (SSSR count). The van der Waals surface area contributed by atoms with E-state index in [0.29, 0.717) is 17.2 Å². The van der Waals surface area contributed by atoms with Gasteiger partial charge in [-0.1, -0.05) is 29.3 Å². The van der Waals surface area contributed by atoms with Gasteiger partial charge in [0.2, 0.25) is 10.0 Å². The van der Waals surface area contributed by atoms with E-state index >= 15 is 0 Å². The Kier molecular flexibility index (Phi) is 6.22. The van der Waals surface area contributed by atoms with Gasteiger partial charge in [-0.3, -0.25) is 4.79 Å². The van der Waals surface area contributed by atoms with Gasteiger partial charge in [0, 0.05) is 5.69 Å². The van der Waals surface area contributed by atoms with Gasteiger partial charge in [0.15, 0.2) is 0 Å². The Bertz CT molecular complexity index is 1130. The number of ether oxygens (including phenoxy) is 1. The number of aryl methyl sites for hydroxylation is 1. The summed E-state index contributed by atoms with van der Waals surface area (Å²) in [6, 6.07) is 18.4. The first-order chi connectivity index (χ1) is 13.8. The second-order valence-electron chi connectivity index (χ2n) is 6.24. The standard InChI is InChI=1S/C21H19ClN2O4S/c1-14-3-7-16(8-4-14)28-17-9-5-15(6-10-17)24-21(25)19-13-18(11-12-20(19)22)29(26,27)23-2/h3-13,23H,1-2H3,(H,24,25). The van der Waals surface area contributed by atoms with Crippen molar-refractivity contribution in [1.82, 2.24) is 4.72 Å². The van der Waals surface area contributed by atoms with Crippen LogP contribution in [-0.4, -0.2) is 21.4 Å². The third kappa shape index (κ3) is 5.14. The van der Waals surface area contributed by atoms with Crippen molar-refractivity contribution in [3.05, 3.63) is 82.9 Å². The van der Waals surface area contributed by atoms with Gasteiger partial charge in [-0.05, 0) is 68.6 Å². The molecule has 0 saturated heterocycles. The first kappa shape index (κ1) is 20.9. The molecular weight excluding hydrogens is 412 g/mol. The SMILES string of the molecule is CNS(=O)(=O)c1ccc(Cl)c(C(=O)Nc2ccc(Oc3ccc(C)cc3)cc2)c1. The molecular formula is C21H19ClN2O4S. The number of hydrogen-bond acceptors (Lipinski definition) is 4. The number of halogens is 1. The third-order valence-corrected chi connectivity index (χ3v) is 5.87. The molecule has 0 unspecified atom stereocenters. The molecule has 2 N–H and O–H groups in total. The molecule has 0 aromatic heterocycles. The van der Waals surface area contributed by atoms with Crippen molar-refractivity contribution in [2.24, 2.45) is 0 Å². The average Bonchev–Trinajstić information content (AvgIpc) is 2.71. The van der Waals surface area contributed by atoms with Crippen LogP contribution in [0.15, 0.2) is 71.6 Å². The van der Waals surface area contributed by atoms with E-state index in [1.165, 1.54) is 25.2 Å². The van der Waals surface area contributed by atoms with Crippen LogP contribution in [0.2, 0.25) is 5.02 Å². The Morgan fingerprint density at radius 2 is 1.52 bits per heavy atom. The summed E-state index contributed by atoms with van der Waals surface area (Å²) in [5.74, 6) is 0.809. The van der Waals surface area contributed by atoms with Gasteiger partial charge in [-0.15, -0.1) is 0 Å². The van der Waals surface area contributed by atoms with Gasteiger partial charge in [0.25, 0.3) is 5.91 Å². The van der Waals surface area contributed by atoms with Gasteiger partial charge in [-0.2, -0.15) is 0 Å². The number of sulfonamides is 1. The normalized spacial score (nSPS) is 11.1. The lowest BCUT2D eigenvalue weighted by atomic mass is 10.2. The minimum Gasteiger partial charge on any atom is -0.457 e. The molecule has 0 aliphatic carbocycles. The molecule has 29 heavy (non-hydrogen) atoms. The number of anilines is 1. The first-order valence-corrected chi connectivity index (χ1v) is 10.5. The summed E-state index contributed by atoms with van der Waals surface area (Å²) in [6.45, 7) is 2.00. The molecule has 3 aromatic rings. The molecule has 0 radical (unpaired) electrons. The number of carbonyl (C=O) groups excluding carboxylic acids is 1. The van der Waals surface area contributed by atoms with Crippen molar-refractivity contribution < 1.29 is 17.9 Å². The van der Waals surface area contributed by atoms with Crippen LogP contribution in [0.1, 0.15) is 15.9 Å². The highest BCUT2D eigenvalue weighted by Gasteiger charge is 2.17. The van der Waals surface area contributed by atoms with Crippen LogP contribution in [0, 0.1) is 6.92 Å². The van der Waals surface area contributed by atoms with Gasteiger partial charge in [0.1, 0.15) is 11.5 Å². The molecule has 8 heteroatoms. The fourth-order valence-electron chi connectivity index (χ4n) is 2.51. The zero-order valence-corrected chi connectivity index (χ0v) is 17.3. The third-order valence-electron chi connectivity index (χ3n) is 4.13. The molecule has 3 aromatic carbocycles. The van der Waals surface area contributed by atoms with Crippen molar-refractivity contribution >= 4 is 33.2 Å². The highest BCUT2D eigenvalue weighted by molar-refractivity contribution is 7.89. The molecule has 0 bridgehead atoms. The largest absolute Gasteiger partial charge is 0.457 e. The summed E-state index contributed by atoms with van der Waals surface area (Å²) in [5.41, 5.74) is 1.72. The van der Waals surface area contributed by atoms with E-state index in [9.17, 15) is 13.2 Å². The maximum absolute atomic E-state index is 12.6. The van der Waals surface area contributed by atoms with Gasteiger partial charge >= 0.3 is 0 Å². The molecule has 0 saturated carbocycles. The monoisotopic (exact) mass is 430 g/mol. The lowest BCUT2D eigenvalue weighted by Crippen LogP contribution is -2.20. The van der Waals surface area contributed by atoms with Crippen molar-refractivity contribution in [2.75, 3.05) is 12.4 Å². The Morgan fingerprint density at radius 3 is 2.10 bits per heavy atom. The quantitative estimate of drug-likeness (QED) is 0.598. The lowest BCUT2D eigenvalue weighted by molar-refractivity contribution is 0.102. The fraction of sp³-hybridized carbons (Fsp3) is 0.0952. The predicted octanol–water partition coefficient (Wildman–Crippen LogP) is 4.60. The van der Waals surface area contributed by atoms with Gasteiger partial charge < -0.3 is 10.1 Å². The second-order valence-corrected chi connectivity index (χ2v) is 8.54. The second kappa shape index (κ2) is 8.65. The van der Waals surface area contributed by atoms with Crippen molar-refractivity contribution in [1.29, 1.82) is 0 Å². The summed E-state index contributed by atoms with van der Waals surface area (Å²) in [4.78, 5) is 12.5. The van der Waals surface area contributed by atoms with Gasteiger partial charge in [-0.25, -0.2) is 13.1 Å². The Labute approximate surface area is 174 Å². The Balaban J connectivity index is 1.74. The minimum absolute atomic E-state index is 0.0450. The van der Waals surface area contributed by atoms with Crippen LogP contribution in [0.4, 0.5) is 5.69 Å². The van der Waals surface area contributed by atoms with Crippen molar-refractivity contribution in [3.8, 4) is 11.5 Å². The fourth-order valence-corrected chi connectivity index (χ4v) is 3.47. The van der Waals surface area contributed by atoms with E-state index in [0.717, 1.165) is 5.56 Å². The molecule has 0 aliphatic rings. The van der Waals surface area contributed by atoms with Crippen molar-refractivity contribution in [2.45, 2.75) is 11.8 Å². The highest BCUT2D eigenvalue weighted by atomic mass is 35.5. The molecule has 6 nitrogen and oxygen atoms in total. The molecule has 0 spiro atoms. The van der Waals surface area contributed by atoms with E-state index < -0.39 is 15.9 Å². The maximum Gasteiger partial charge on any atom is 0.257 e. The Hall–Kier alpha value is -2.87. The molecule has 150 valence electrons. The summed E-state index contributed by atoms with van der Waals surface area (Å²) < 4.78 is 31.9. The molecule has 0 heterocycles. The number of amides is 1. The summed E-state index contributed by atoms with van der Waals surface area (Å²) in [6.07, 6.45) is 0. The topological polar surface area (TPSA) is 84.5 Å². The van der Waals surface area contributed by atoms with Gasteiger partial charge in [0.05, 0.1) is 15.5 Å². The van der Waals surface area contributed by atoms with Crippen LogP contribution in [0.3, 0.4) is 0 Å². The average molecular weight is 431 g/mol. The van der Waals surface area contributed by atoms with E-state index in [1.807, 2.05) is 31.2 Å². The highest BCUT2D eigenvalue weighted by Crippen LogP contribution is 2.25. The number of benzene rings is 3. The minimum atomic E-state index is -3.69.